The van der Waals surface area contributed by atoms with Gasteiger partial charge < -0.3 is 0 Å². The van der Waals surface area contributed by atoms with Crippen molar-refractivity contribution in [2.75, 3.05) is 0 Å². The maximum atomic E-state index is 4.30. The van der Waals surface area contributed by atoms with Gasteiger partial charge in [0.2, 0.25) is 0 Å². The predicted molar refractivity (Wildman–Crippen MR) is 82.2 cm³/mol. The molecule has 0 atom stereocenters. The van der Waals surface area contributed by atoms with Crippen molar-refractivity contribution in [3.05, 3.63) is 24.3 Å². The summed E-state index contributed by atoms with van der Waals surface area (Å²) in [5.41, 5.74) is 1.14. The Morgan fingerprint density at radius 2 is 1.32 bits per heavy atom. The van der Waals surface area contributed by atoms with E-state index in [0.717, 1.165) is 12.1 Å². The van der Waals surface area contributed by atoms with Crippen LogP contribution in [0.2, 0.25) is 0 Å². The molecule has 0 fully saturated rings. The Bertz CT molecular complexity index is 285. The van der Waals surface area contributed by atoms with Crippen molar-refractivity contribution < 1.29 is 0 Å². The van der Waals surface area contributed by atoms with Gasteiger partial charge in [-0.25, -0.2) is 0 Å². The fourth-order valence-corrected chi connectivity index (χ4v) is 2.43. The molecule has 108 valence electrons. The van der Waals surface area contributed by atoms with Gasteiger partial charge in [0.25, 0.3) is 0 Å². The maximum Gasteiger partial charge on any atom is 0.0586 e. The van der Waals surface area contributed by atoms with Crippen LogP contribution in [0, 0.1) is 0 Å². The molecule has 0 aliphatic rings. The van der Waals surface area contributed by atoms with Crippen LogP contribution in [-0.4, -0.2) is 9.97 Å². The molecule has 0 bridgehead atoms. The van der Waals surface area contributed by atoms with Crippen LogP contribution in [0.1, 0.15) is 83.2 Å². The number of hydrogen-bond donors (Lipinski definition) is 0. The molecule has 1 aromatic rings. The Labute approximate surface area is 119 Å². The molecule has 0 spiro atoms. The average Bonchev–Trinajstić information content (AvgIpc) is 2.46. The summed E-state index contributed by atoms with van der Waals surface area (Å²) in [4.78, 5) is 8.39. The molecule has 0 aromatic carbocycles. The van der Waals surface area contributed by atoms with Crippen LogP contribution in [0.5, 0.6) is 0 Å². The minimum Gasteiger partial charge on any atom is -0.261 e. The zero-order chi connectivity index (χ0) is 13.6. The summed E-state index contributed by atoms with van der Waals surface area (Å²) in [6, 6.07) is 0. The second-order valence-corrected chi connectivity index (χ2v) is 5.48. The number of unbranched alkanes of at least 4 members (excludes halogenated alkanes) is 10. The van der Waals surface area contributed by atoms with Crippen molar-refractivity contribution >= 4 is 0 Å². The lowest BCUT2D eigenvalue weighted by Gasteiger charge is -2.02. The fraction of sp³-hybridized carbons (Fsp3) is 0.765. The van der Waals surface area contributed by atoms with Gasteiger partial charge in [-0.15, -0.1) is 0 Å². The van der Waals surface area contributed by atoms with E-state index in [1.54, 1.807) is 12.4 Å². The van der Waals surface area contributed by atoms with E-state index >= 15 is 0 Å². The molecule has 0 saturated heterocycles. The van der Waals surface area contributed by atoms with Crippen molar-refractivity contribution in [1.82, 2.24) is 9.97 Å². The minimum absolute atomic E-state index is 1.09. The number of hydrogen-bond acceptors (Lipinski definition) is 2. The Morgan fingerprint density at radius 1 is 0.737 bits per heavy atom. The third-order valence-electron chi connectivity index (χ3n) is 3.65. The number of nitrogens with zero attached hydrogens (tertiary/aromatic N) is 2. The summed E-state index contributed by atoms with van der Waals surface area (Å²) < 4.78 is 0. The van der Waals surface area contributed by atoms with E-state index in [1.807, 2.05) is 6.20 Å². The summed E-state index contributed by atoms with van der Waals surface area (Å²) in [6.45, 7) is 2.28. The van der Waals surface area contributed by atoms with Crippen molar-refractivity contribution in [3.8, 4) is 0 Å². The molecule has 0 aliphatic carbocycles. The summed E-state index contributed by atoms with van der Waals surface area (Å²) >= 11 is 0. The molecular formula is C17H30N2. The highest BCUT2D eigenvalue weighted by Crippen LogP contribution is 2.12. The number of aromatic nitrogens is 2. The molecule has 0 saturated carbocycles. The van der Waals surface area contributed by atoms with Gasteiger partial charge in [-0.2, -0.15) is 0 Å². The summed E-state index contributed by atoms with van der Waals surface area (Å²) in [5.74, 6) is 0. The number of aryl methyl sites for hydroxylation is 1. The first kappa shape index (κ1) is 16.1. The fourth-order valence-electron chi connectivity index (χ4n) is 2.43. The molecule has 1 heterocycles. The van der Waals surface area contributed by atoms with E-state index in [4.69, 9.17) is 0 Å². The zero-order valence-electron chi connectivity index (χ0n) is 12.6. The van der Waals surface area contributed by atoms with Crippen LogP contribution in [0.4, 0.5) is 0 Å². The highest BCUT2D eigenvalue weighted by molar-refractivity contribution is 4.94. The lowest BCUT2D eigenvalue weighted by Crippen LogP contribution is -1.90. The normalized spacial score (nSPS) is 10.8. The number of rotatable bonds is 12. The quantitative estimate of drug-likeness (QED) is 0.476. The smallest absolute Gasteiger partial charge is 0.0586 e. The van der Waals surface area contributed by atoms with Crippen LogP contribution in [0.3, 0.4) is 0 Å². The molecule has 2 heteroatoms. The Hall–Kier alpha value is -0.920. The van der Waals surface area contributed by atoms with Crippen LogP contribution in [-0.2, 0) is 6.42 Å². The summed E-state index contributed by atoms with van der Waals surface area (Å²) in [5, 5.41) is 0. The van der Waals surface area contributed by atoms with E-state index in [2.05, 4.69) is 16.9 Å². The molecule has 0 aliphatic heterocycles. The molecule has 0 amide bonds. The lowest BCUT2D eigenvalue weighted by molar-refractivity contribution is 0.548. The van der Waals surface area contributed by atoms with Crippen LogP contribution >= 0.6 is 0 Å². The Morgan fingerprint density at radius 3 is 1.84 bits per heavy atom. The first-order valence-corrected chi connectivity index (χ1v) is 8.18. The summed E-state index contributed by atoms with van der Waals surface area (Å²) in [7, 11) is 0. The standard InChI is InChI=1S/C17H30N2/c1-2-3-4-5-6-7-8-9-10-11-12-13-17-16-18-14-15-19-17/h14-16H,2-13H2,1H3. The average molecular weight is 262 g/mol. The first-order valence-electron chi connectivity index (χ1n) is 8.18. The van der Waals surface area contributed by atoms with E-state index in [9.17, 15) is 0 Å². The molecule has 19 heavy (non-hydrogen) atoms. The van der Waals surface area contributed by atoms with Crippen molar-refractivity contribution in [2.24, 2.45) is 0 Å². The van der Waals surface area contributed by atoms with E-state index in [-0.39, 0.29) is 0 Å². The van der Waals surface area contributed by atoms with Gasteiger partial charge in [0.1, 0.15) is 0 Å². The molecule has 0 radical (unpaired) electrons. The predicted octanol–water partition coefficient (Wildman–Crippen LogP) is 5.33. The van der Waals surface area contributed by atoms with Crippen LogP contribution in [0.15, 0.2) is 18.6 Å². The highest BCUT2D eigenvalue weighted by atomic mass is 14.8. The molecule has 1 aromatic heterocycles. The van der Waals surface area contributed by atoms with Crippen molar-refractivity contribution in [1.29, 1.82) is 0 Å². The van der Waals surface area contributed by atoms with Crippen molar-refractivity contribution in [3.63, 3.8) is 0 Å². The monoisotopic (exact) mass is 262 g/mol. The minimum atomic E-state index is 1.09. The van der Waals surface area contributed by atoms with Gasteiger partial charge in [-0.3, -0.25) is 9.97 Å². The van der Waals surface area contributed by atoms with E-state index < -0.39 is 0 Å². The van der Waals surface area contributed by atoms with Gasteiger partial charge in [0.15, 0.2) is 0 Å². The van der Waals surface area contributed by atoms with E-state index in [0.29, 0.717) is 0 Å². The third kappa shape index (κ3) is 9.63. The third-order valence-corrected chi connectivity index (χ3v) is 3.65. The highest BCUT2D eigenvalue weighted by Gasteiger charge is 1.95. The molecule has 0 unspecified atom stereocenters. The summed E-state index contributed by atoms with van der Waals surface area (Å²) in [6.07, 6.45) is 21.9. The lowest BCUT2D eigenvalue weighted by atomic mass is 10.0. The van der Waals surface area contributed by atoms with Crippen molar-refractivity contribution in [2.45, 2.75) is 84.0 Å². The maximum absolute atomic E-state index is 4.30. The molecule has 0 N–H and O–H groups in total. The Kier molecular flexibility index (Phi) is 10.3. The van der Waals surface area contributed by atoms with Gasteiger partial charge in [0, 0.05) is 18.6 Å². The molecule has 1 rings (SSSR count). The van der Waals surface area contributed by atoms with Crippen LogP contribution in [0.25, 0.3) is 0 Å². The van der Waals surface area contributed by atoms with Gasteiger partial charge in [0.05, 0.1) is 5.69 Å². The Balaban J connectivity index is 1.79. The first-order chi connectivity index (χ1) is 9.43. The van der Waals surface area contributed by atoms with Gasteiger partial charge in [-0.05, 0) is 12.8 Å². The topological polar surface area (TPSA) is 25.8 Å². The molecule has 2 nitrogen and oxygen atoms in total. The van der Waals surface area contributed by atoms with E-state index in [1.165, 1.54) is 70.6 Å². The van der Waals surface area contributed by atoms with Gasteiger partial charge >= 0.3 is 0 Å². The largest absolute Gasteiger partial charge is 0.261 e. The second-order valence-electron chi connectivity index (χ2n) is 5.48. The molecular weight excluding hydrogens is 232 g/mol. The van der Waals surface area contributed by atoms with Gasteiger partial charge in [-0.1, -0.05) is 71.1 Å². The van der Waals surface area contributed by atoms with Crippen LogP contribution < -0.4 is 0 Å². The zero-order valence-corrected chi connectivity index (χ0v) is 12.6. The SMILES string of the molecule is CCCCCCCCCCCCCc1cnccn1. The second kappa shape index (κ2) is 12.1.